The molecule has 0 atom stereocenters. The third-order valence-electron chi connectivity index (χ3n) is 3.48. The van der Waals surface area contributed by atoms with Crippen molar-refractivity contribution in [2.45, 2.75) is 20.0 Å². The van der Waals surface area contributed by atoms with Gasteiger partial charge in [-0.3, -0.25) is 0 Å². The molecule has 0 aliphatic rings. The monoisotopic (exact) mass is 423 g/mol. The molecule has 0 aliphatic heterocycles. The lowest BCUT2D eigenvalue weighted by molar-refractivity contribution is -0.137. The van der Waals surface area contributed by atoms with Crippen molar-refractivity contribution in [2.75, 3.05) is 6.61 Å². The maximum Gasteiger partial charge on any atom is 0.513 e. The van der Waals surface area contributed by atoms with Crippen LogP contribution >= 0.6 is 0 Å². The van der Waals surface area contributed by atoms with Gasteiger partial charge in [0.05, 0.1) is 12.2 Å². The maximum absolute atomic E-state index is 13.3. The number of hydrogen-bond donors (Lipinski definition) is 0. The second kappa shape index (κ2) is 8.76. The highest BCUT2D eigenvalue weighted by atomic mass is 19.4. The third kappa shape index (κ3) is 5.65. The highest BCUT2D eigenvalue weighted by Gasteiger charge is 2.32. The zero-order valence-corrected chi connectivity index (χ0v) is 15.8. The molecule has 0 spiro atoms. The Morgan fingerprint density at radius 2 is 2.10 bits per heavy atom. The summed E-state index contributed by atoms with van der Waals surface area (Å²) >= 11 is 0. The first-order chi connectivity index (χ1) is 14.2. The summed E-state index contributed by atoms with van der Waals surface area (Å²) in [5.41, 5.74) is -1.02. The number of halogens is 3. The van der Waals surface area contributed by atoms with Crippen LogP contribution in [0.25, 0.3) is 23.7 Å². The van der Waals surface area contributed by atoms with E-state index in [1.54, 1.807) is 0 Å². The molecular weight excluding hydrogens is 407 g/mol. The molecule has 0 aliphatic carbocycles. The molecule has 0 saturated carbocycles. The van der Waals surface area contributed by atoms with Gasteiger partial charge in [-0.25, -0.2) is 14.5 Å². The molecule has 12 heteroatoms. The summed E-state index contributed by atoms with van der Waals surface area (Å²) in [6.45, 7) is 3.69. The lowest BCUT2D eigenvalue weighted by Crippen LogP contribution is -2.15. The van der Waals surface area contributed by atoms with Crippen LogP contribution in [-0.2, 0) is 10.9 Å². The molecule has 30 heavy (non-hydrogen) atoms. The third-order valence-corrected chi connectivity index (χ3v) is 3.48. The van der Waals surface area contributed by atoms with Crippen molar-refractivity contribution in [3.05, 3.63) is 42.4 Å². The molecule has 0 unspecified atom stereocenters. The summed E-state index contributed by atoms with van der Waals surface area (Å²) in [5, 5.41) is 11.2. The van der Waals surface area contributed by atoms with Crippen LogP contribution in [0.5, 0.6) is 5.75 Å². The number of benzene rings is 1. The van der Waals surface area contributed by atoms with E-state index >= 15 is 0 Å². The Balaban J connectivity index is 1.85. The standard InChI is InChI=1S/C18H16F3N5O4/c1-11(2)8-28-17(27)30-14-6-12(5-13(7-14)18(19,20)21)16-22-9-26(25-16)4-3-15-24-23-10-29-15/h3-7,9-11H,8H2,1-2H3/b4-3-. The number of carbonyl (C=O) groups is 1. The number of nitrogens with zero attached hydrogens (tertiary/aromatic N) is 5. The lowest BCUT2D eigenvalue weighted by atomic mass is 10.1. The minimum atomic E-state index is -4.67. The van der Waals surface area contributed by atoms with Crippen molar-refractivity contribution >= 4 is 18.4 Å². The van der Waals surface area contributed by atoms with Gasteiger partial charge in [-0.2, -0.15) is 13.2 Å². The maximum atomic E-state index is 13.3. The first-order valence-corrected chi connectivity index (χ1v) is 8.63. The quantitative estimate of drug-likeness (QED) is 0.430. The summed E-state index contributed by atoms with van der Waals surface area (Å²) in [4.78, 5) is 15.7. The van der Waals surface area contributed by atoms with Gasteiger partial charge < -0.3 is 13.9 Å². The average Bonchev–Trinajstić information content (AvgIpc) is 3.35. The number of rotatable bonds is 6. The van der Waals surface area contributed by atoms with Crippen LogP contribution in [0.2, 0.25) is 0 Å². The van der Waals surface area contributed by atoms with E-state index in [9.17, 15) is 18.0 Å². The van der Waals surface area contributed by atoms with Crippen LogP contribution in [0.15, 0.2) is 35.3 Å². The fourth-order valence-corrected chi connectivity index (χ4v) is 2.18. The SMILES string of the molecule is CC(C)COC(=O)Oc1cc(-c2ncn(/C=C\c3nnco3)n2)cc(C(F)(F)F)c1. The molecule has 0 bridgehead atoms. The largest absolute Gasteiger partial charge is 0.513 e. The van der Waals surface area contributed by atoms with E-state index in [2.05, 4.69) is 20.3 Å². The molecule has 158 valence electrons. The Labute approximate surface area is 168 Å². The smallest absolute Gasteiger partial charge is 0.434 e. The van der Waals surface area contributed by atoms with Gasteiger partial charge in [0.15, 0.2) is 5.82 Å². The van der Waals surface area contributed by atoms with Crippen molar-refractivity contribution in [3.8, 4) is 17.1 Å². The van der Waals surface area contributed by atoms with E-state index in [1.165, 1.54) is 29.4 Å². The topological polar surface area (TPSA) is 105 Å². The highest BCUT2D eigenvalue weighted by Crippen LogP contribution is 2.35. The van der Waals surface area contributed by atoms with E-state index < -0.39 is 17.9 Å². The Bertz CT molecular complexity index is 1030. The van der Waals surface area contributed by atoms with Crippen molar-refractivity contribution in [3.63, 3.8) is 0 Å². The Kier molecular flexibility index (Phi) is 6.14. The highest BCUT2D eigenvalue weighted by molar-refractivity contribution is 5.67. The minimum Gasteiger partial charge on any atom is -0.434 e. The van der Waals surface area contributed by atoms with E-state index in [1.807, 2.05) is 13.8 Å². The molecule has 9 nitrogen and oxygen atoms in total. The second-order valence-electron chi connectivity index (χ2n) is 6.44. The molecule has 0 saturated heterocycles. The van der Waals surface area contributed by atoms with Crippen molar-refractivity contribution < 1.29 is 31.9 Å². The fourth-order valence-electron chi connectivity index (χ4n) is 2.18. The van der Waals surface area contributed by atoms with Crippen LogP contribution in [-0.4, -0.2) is 37.7 Å². The summed E-state index contributed by atoms with van der Waals surface area (Å²) in [6, 6.07) is 2.77. The number of hydrogen-bond acceptors (Lipinski definition) is 8. The summed E-state index contributed by atoms with van der Waals surface area (Å²) < 4.78 is 55.8. The summed E-state index contributed by atoms with van der Waals surface area (Å²) in [7, 11) is 0. The average molecular weight is 423 g/mol. The first kappa shape index (κ1) is 21.0. The second-order valence-corrected chi connectivity index (χ2v) is 6.44. The van der Waals surface area contributed by atoms with Gasteiger partial charge in [-0.05, 0) is 24.1 Å². The van der Waals surface area contributed by atoms with Gasteiger partial charge in [-0.15, -0.1) is 15.3 Å². The van der Waals surface area contributed by atoms with E-state index in [-0.39, 0.29) is 35.6 Å². The molecule has 0 amide bonds. The van der Waals surface area contributed by atoms with Crippen LogP contribution in [0.4, 0.5) is 18.0 Å². The summed E-state index contributed by atoms with van der Waals surface area (Å²) in [5.74, 6) is -0.104. The molecule has 0 N–H and O–H groups in total. The molecule has 2 aromatic heterocycles. The van der Waals surface area contributed by atoms with E-state index in [0.29, 0.717) is 6.07 Å². The minimum absolute atomic E-state index is 0.00132. The number of ether oxygens (including phenoxy) is 2. The predicted molar refractivity (Wildman–Crippen MR) is 96.8 cm³/mol. The first-order valence-electron chi connectivity index (χ1n) is 8.63. The molecule has 2 heterocycles. The molecule has 3 rings (SSSR count). The van der Waals surface area contributed by atoms with Crippen molar-refractivity contribution in [1.82, 2.24) is 25.0 Å². The van der Waals surface area contributed by atoms with E-state index in [4.69, 9.17) is 13.9 Å². The van der Waals surface area contributed by atoms with Gasteiger partial charge in [0.2, 0.25) is 12.3 Å². The van der Waals surface area contributed by atoms with Crippen molar-refractivity contribution in [1.29, 1.82) is 0 Å². The van der Waals surface area contributed by atoms with Gasteiger partial charge in [-0.1, -0.05) is 13.8 Å². The van der Waals surface area contributed by atoms with Gasteiger partial charge in [0.1, 0.15) is 12.1 Å². The van der Waals surface area contributed by atoms with Crippen LogP contribution in [0.3, 0.4) is 0 Å². The number of alkyl halides is 3. The lowest BCUT2D eigenvalue weighted by Gasteiger charge is -2.12. The summed E-state index contributed by atoms with van der Waals surface area (Å²) in [6.07, 6.45) is -0.483. The molecule has 1 aromatic carbocycles. The Morgan fingerprint density at radius 1 is 1.30 bits per heavy atom. The zero-order chi connectivity index (χ0) is 21.7. The van der Waals surface area contributed by atoms with Crippen LogP contribution in [0.1, 0.15) is 25.3 Å². The Hall–Kier alpha value is -3.70. The normalized spacial score (nSPS) is 11.9. The zero-order valence-electron chi connectivity index (χ0n) is 15.8. The fraction of sp³-hybridized carbons (Fsp3) is 0.278. The van der Waals surface area contributed by atoms with Crippen molar-refractivity contribution in [2.24, 2.45) is 5.92 Å². The van der Waals surface area contributed by atoms with Crippen LogP contribution < -0.4 is 4.74 Å². The number of carbonyl (C=O) groups excluding carboxylic acids is 1. The van der Waals surface area contributed by atoms with Gasteiger partial charge in [0, 0.05) is 17.8 Å². The molecule has 0 fully saturated rings. The predicted octanol–water partition coefficient (Wildman–Crippen LogP) is 4.15. The Morgan fingerprint density at radius 3 is 2.77 bits per heavy atom. The molecule has 3 aromatic rings. The van der Waals surface area contributed by atoms with Gasteiger partial charge in [0.25, 0.3) is 0 Å². The van der Waals surface area contributed by atoms with Gasteiger partial charge >= 0.3 is 12.3 Å². The molecular formula is C18H16F3N5O4. The van der Waals surface area contributed by atoms with E-state index in [0.717, 1.165) is 12.5 Å². The number of aromatic nitrogens is 5. The molecule has 0 radical (unpaired) electrons. The van der Waals surface area contributed by atoms with Crippen LogP contribution in [0, 0.1) is 5.92 Å².